The quantitative estimate of drug-likeness (QED) is 0.489. The minimum atomic E-state index is -0.415. The van der Waals surface area contributed by atoms with Gasteiger partial charge < -0.3 is 10.1 Å². The molecule has 29 heavy (non-hydrogen) atoms. The molecule has 4 rings (SSSR count). The van der Waals surface area contributed by atoms with E-state index in [1.165, 1.54) is 12.7 Å². The SMILES string of the molecule is COC(=O)c1ccc2c(c1)ncn2-c1nc(NCCc2ccncc2)ncc1Cl. The van der Waals surface area contributed by atoms with E-state index in [1.54, 1.807) is 47.7 Å². The summed E-state index contributed by atoms with van der Waals surface area (Å²) in [6.07, 6.45) is 7.51. The van der Waals surface area contributed by atoms with Crippen LogP contribution < -0.4 is 5.32 Å². The van der Waals surface area contributed by atoms with E-state index in [-0.39, 0.29) is 0 Å². The van der Waals surface area contributed by atoms with E-state index in [2.05, 4.69) is 25.3 Å². The van der Waals surface area contributed by atoms with E-state index < -0.39 is 5.97 Å². The van der Waals surface area contributed by atoms with Gasteiger partial charge in [-0.1, -0.05) is 11.6 Å². The lowest BCUT2D eigenvalue weighted by Gasteiger charge is -2.09. The number of benzene rings is 1. The molecule has 0 radical (unpaired) electrons. The number of nitrogens with zero attached hydrogens (tertiary/aromatic N) is 5. The first-order valence-electron chi connectivity index (χ1n) is 8.87. The van der Waals surface area contributed by atoms with Crippen molar-refractivity contribution in [2.75, 3.05) is 19.0 Å². The first-order valence-corrected chi connectivity index (χ1v) is 9.24. The molecular weight excluding hydrogens is 392 g/mol. The highest BCUT2D eigenvalue weighted by Crippen LogP contribution is 2.24. The van der Waals surface area contributed by atoms with Crippen molar-refractivity contribution < 1.29 is 9.53 Å². The molecule has 146 valence electrons. The summed E-state index contributed by atoms with van der Waals surface area (Å²) in [7, 11) is 1.34. The number of pyridine rings is 1. The second-order valence-electron chi connectivity index (χ2n) is 6.21. The Morgan fingerprint density at radius 1 is 1.21 bits per heavy atom. The zero-order chi connectivity index (χ0) is 20.2. The Labute approximate surface area is 171 Å². The topological polar surface area (TPSA) is 94.8 Å². The zero-order valence-corrected chi connectivity index (χ0v) is 16.3. The molecular formula is C20H17ClN6O2. The predicted molar refractivity (Wildman–Crippen MR) is 109 cm³/mol. The van der Waals surface area contributed by atoms with Crippen molar-refractivity contribution in [2.45, 2.75) is 6.42 Å². The van der Waals surface area contributed by atoms with Crippen LogP contribution in [0.15, 0.2) is 55.2 Å². The fraction of sp³-hybridized carbons (Fsp3) is 0.150. The summed E-state index contributed by atoms with van der Waals surface area (Å²) < 4.78 is 6.51. The monoisotopic (exact) mass is 408 g/mol. The van der Waals surface area contributed by atoms with Crippen LogP contribution in [0.5, 0.6) is 0 Å². The summed E-state index contributed by atoms with van der Waals surface area (Å²) >= 11 is 6.34. The number of nitrogens with one attached hydrogen (secondary N) is 1. The van der Waals surface area contributed by atoms with Gasteiger partial charge >= 0.3 is 5.97 Å². The van der Waals surface area contributed by atoms with Gasteiger partial charge in [0.05, 0.1) is 29.9 Å². The van der Waals surface area contributed by atoms with Gasteiger partial charge in [-0.2, -0.15) is 4.98 Å². The van der Waals surface area contributed by atoms with Crippen molar-refractivity contribution in [1.29, 1.82) is 0 Å². The van der Waals surface area contributed by atoms with Crippen LogP contribution in [0.4, 0.5) is 5.95 Å². The van der Waals surface area contributed by atoms with Crippen LogP contribution in [0.25, 0.3) is 16.9 Å². The molecule has 0 aliphatic carbocycles. The third-order valence-electron chi connectivity index (χ3n) is 4.37. The molecule has 1 N–H and O–H groups in total. The van der Waals surface area contributed by atoms with E-state index in [4.69, 9.17) is 16.3 Å². The summed E-state index contributed by atoms with van der Waals surface area (Å²) in [5.41, 5.74) is 3.00. The second kappa shape index (κ2) is 8.24. The Morgan fingerprint density at radius 3 is 2.83 bits per heavy atom. The molecule has 9 heteroatoms. The Balaban J connectivity index is 1.58. The summed E-state index contributed by atoms with van der Waals surface area (Å²) in [4.78, 5) is 28.9. The standard InChI is InChI=1S/C20H17ClN6O2/c1-29-19(28)14-2-3-17-16(10-14)25-12-27(17)18-15(21)11-24-20(26-18)23-9-6-13-4-7-22-8-5-13/h2-5,7-8,10-12H,6,9H2,1H3,(H,23,24,26). The molecule has 1 aromatic carbocycles. The van der Waals surface area contributed by atoms with Crippen molar-refractivity contribution in [3.8, 4) is 5.82 Å². The van der Waals surface area contributed by atoms with Gasteiger partial charge in [0, 0.05) is 18.9 Å². The fourth-order valence-electron chi connectivity index (χ4n) is 2.91. The highest BCUT2D eigenvalue weighted by molar-refractivity contribution is 6.32. The Hall–Kier alpha value is -3.52. The number of rotatable bonds is 6. The van der Waals surface area contributed by atoms with Gasteiger partial charge in [-0.3, -0.25) is 9.55 Å². The van der Waals surface area contributed by atoms with Crippen molar-refractivity contribution in [3.05, 3.63) is 71.4 Å². The molecule has 0 spiro atoms. The summed E-state index contributed by atoms with van der Waals surface area (Å²) in [6.45, 7) is 0.665. The largest absolute Gasteiger partial charge is 0.465 e. The van der Waals surface area contributed by atoms with Gasteiger partial charge in [-0.05, 0) is 42.3 Å². The normalized spacial score (nSPS) is 10.8. The van der Waals surface area contributed by atoms with Gasteiger partial charge in [0.15, 0.2) is 5.82 Å². The average Bonchev–Trinajstić information content (AvgIpc) is 3.18. The number of anilines is 1. The van der Waals surface area contributed by atoms with Crippen molar-refractivity contribution >= 4 is 34.6 Å². The molecule has 3 aromatic heterocycles. The van der Waals surface area contributed by atoms with E-state index in [0.29, 0.717) is 34.4 Å². The number of fused-ring (bicyclic) bond motifs is 1. The van der Waals surface area contributed by atoms with Crippen LogP contribution in [0, 0.1) is 0 Å². The van der Waals surface area contributed by atoms with Gasteiger partial charge in [0.2, 0.25) is 5.95 Å². The zero-order valence-electron chi connectivity index (χ0n) is 15.5. The lowest BCUT2D eigenvalue weighted by atomic mass is 10.2. The number of imidazole rings is 1. The highest BCUT2D eigenvalue weighted by Gasteiger charge is 2.14. The minimum Gasteiger partial charge on any atom is -0.465 e. The van der Waals surface area contributed by atoms with Crippen molar-refractivity contribution in [2.24, 2.45) is 0 Å². The third kappa shape index (κ3) is 4.02. The molecule has 8 nitrogen and oxygen atoms in total. The van der Waals surface area contributed by atoms with Gasteiger partial charge in [-0.15, -0.1) is 0 Å². The molecule has 0 unspecified atom stereocenters. The fourth-order valence-corrected chi connectivity index (χ4v) is 3.09. The molecule has 3 heterocycles. The number of carbonyl (C=O) groups excluding carboxylic acids is 1. The number of ether oxygens (including phenoxy) is 1. The highest BCUT2D eigenvalue weighted by atomic mass is 35.5. The van der Waals surface area contributed by atoms with E-state index in [9.17, 15) is 4.79 Å². The number of hydrogen-bond acceptors (Lipinski definition) is 7. The van der Waals surface area contributed by atoms with Gasteiger partial charge in [-0.25, -0.2) is 14.8 Å². The van der Waals surface area contributed by atoms with E-state index >= 15 is 0 Å². The second-order valence-corrected chi connectivity index (χ2v) is 6.61. The molecule has 0 atom stereocenters. The summed E-state index contributed by atoms with van der Waals surface area (Å²) in [5.74, 6) is 0.551. The smallest absolute Gasteiger partial charge is 0.337 e. The van der Waals surface area contributed by atoms with Gasteiger partial charge in [0.1, 0.15) is 11.3 Å². The molecule has 0 saturated heterocycles. The number of methoxy groups -OCH3 is 1. The third-order valence-corrected chi connectivity index (χ3v) is 4.63. The minimum absolute atomic E-state index is 0.390. The average molecular weight is 409 g/mol. The lowest BCUT2D eigenvalue weighted by molar-refractivity contribution is 0.0601. The van der Waals surface area contributed by atoms with E-state index in [0.717, 1.165) is 11.9 Å². The van der Waals surface area contributed by atoms with Crippen LogP contribution >= 0.6 is 11.6 Å². The van der Waals surface area contributed by atoms with Crippen molar-refractivity contribution in [1.82, 2.24) is 24.5 Å². The molecule has 0 aliphatic rings. The Morgan fingerprint density at radius 2 is 2.03 bits per heavy atom. The molecule has 0 bridgehead atoms. The number of carbonyl (C=O) groups is 1. The molecule has 4 aromatic rings. The van der Waals surface area contributed by atoms with Crippen LogP contribution in [-0.2, 0) is 11.2 Å². The number of halogens is 1. The summed E-state index contributed by atoms with van der Waals surface area (Å²) in [5, 5.41) is 3.60. The van der Waals surface area contributed by atoms with Crippen molar-refractivity contribution in [3.63, 3.8) is 0 Å². The maximum Gasteiger partial charge on any atom is 0.337 e. The van der Waals surface area contributed by atoms with Crippen LogP contribution in [0.2, 0.25) is 5.02 Å². The van der Waals surface area contributed by atoms with Crippen LogP contribution in [0.1, 0.15) is 15.9 Å². The molecule has 0 fully saturated rings. The van der Waals surface area contributed by atoms with E-state index in [1.807, 2.05) is 12.1 Å². The molecule has 0 aliphatic heterocycles. The number of hydrogen-bond donors (Lipinski definition) is 1. The first kappa shape index (κ1) is 18.8. The lowest BCUT2D eigenvalue weighted by Crippen LogP contribution is -2.10. The maximum atomic E-state index is 11.7. The number of esters is 1. The predicted octanol–water partition coefficient (Wildman–Crippen LogP) is 3.31. The van der Waals surface area contributed by atoms with Crippen LogP contribution in [-0.4, -0.2) is 44.1 Å². The molecule has 0 amide bonds. The molecule has 0 saturated carbocycles. The van der Waals surface area contributed by atoms with Gasteiger partial charge in [0.25, 0.3) is 0 Å². The summed E-state index contributed by atoms with van der Waals surface area (Å²) in [6, 6.07) is 9.06. The Kier molecular flexibility index (Phi) is 5.35. The maximum absolute atomic E-state index is 11.7. The van der Waals surface area contributed by atoms with Crippen LogP contribution in [0.3, 0.4) is 0 Å². The Bertz CT molecular complexity index is 1160. The first-order chi connectivity index (χ1) is 14.2. The number of aromatic nitrogens is 5.